The highest BCUT2D eigenvalue weighted by Gasteiger charge is 2.46. The summed E-state index contributed by atoms with van der Waals surface area (Å²) in [5.74, 6) is -1.91. The molecule has 0 aromatic carbocycles. The Labute approximate surface area is 411 Å². The third-order valence-electron chi connectivity index (χ3n) is 12.2. The lowest BCUT2D eigenvalue weighted by atomic mass is 9.99. The second-order valence-corrected chi connectivity index (χ2v) is 17.7. The van der Waals surface area contributed by atoms with Crippen LogP contribution in [0.1, 0.15) is 77.6 Å². The van der Waals surface area contributed by atoms with Crippen molar-refractivity contribution in [2.24, 2.45) is 0 Å². The molecule has 412 valence electrons. The fourth-order valence-corrected chi connectivity index (χ4v) is 8.07. The summed E-state index contributed by atoms with van der Waals surface area (Å²) in [6, 6.07) is -1.17. The van der Waals surface area contributed by atoms with Gasteiger partial charge in [-0.05, 0) is 39.0 Å². The molecule has 0 radical (unpaired) electrons. The lowest BCUT2D eigenvalue weighted by Crippen LogP contribution is -2.59. The van der Waals surface area contributed by atoms with E-state index in [1.165, 1.54) is 4.90 Å². The number of aliphatic hydroxyl groups is 12. The molecule has 16 atom stereocenters. The molecular weight excluding hydrogens is 952 g/mol. The number of carbonyl (C=O) groups excluding carboxylic acids is 5. The number of ether oxygens (including phenoxy) is 6. The van der Waals surface area contributed by atoms with Crippen molar-refractivity contribution in [1.29, 1.82) is 0 Å². The van der Waals surface area contributed by atoms with Crippen LogP contribution in [0.2, 0.25) is 0 Å². The maximum absolute atomic E-state index is 14.1. The highest BCUT2D eigenvalue weighted by molar-refractivity contribution is 5.86. The number of hydrogen-bond acceptors (Lipinski definition) is 24. The van der Waals surface area contributed by atoms with Gasteiger partial charge in [-0.25, -0.2) is 0 Å². The minimum absolute atomic E-state index is 0.00420. The van der Waals surface area contributed by atoms with E-state index in [1.807, 2.05) is 6.92 Å². The number of nitrogens with one attached hydrogen (secondary N) is 3. The van der Waals surface area contributed by atoms with Crippen molar-refractivity contribution in [3.8, 4) is 0 Å². The van der Waals surface area contributed by atoms with Gasteiger partial charge in [0.15, 0.2) is 18.9 Å². The van der Waals surface area contributed by atoms with Gasteiger partial charge in [0.2, 0.25) is 17.7 Å². The van der Waals surface area contributed by atoms with Crippen LogP contribution in [0.4, 0.5) is 0 Å². The van der Waals surface area contributed by atoms with Crippen molar-refractivity contribution >= 4 is 29.3 Å². The molecule has 3 aliphatic rings. The molecule has 0 spiro atoms. The number of ketones is 2. The smallest absolute Gasteiger partial charge is 0.237 e. The first kappa shape index (κ1) is 62.3. The quantitative estimate of drug-likeness (QED) is 0.0266. The molecule has 3 rings (SSSR count). The summed E-state index contributed by atoms with van der Waals surface area (Å²) in [5.41, 5.74) is 0. The van der Waals surface area contributed by atoms with E-state index in [1.54, 1.807) is 0 Å². The molecule has 3 amide bonds. The largest absolute Gasteiger partial charge is 0.394 e. The van der Waals surface area contributed by atoms with Gasteiger partial charge < -0.3 is 106 Å². The number of carbonyl (C=O) groups is 5. The van der Waals surface area contributed by atoms with E-state index < -0.39 is 149 Å². The van der Waals surface area contributed by atoms with Crippen LogP contribution in [-0.4, -0.2) is 266 Å². The van der Waals surface area contributed by atoms with Crippen LogP contribution in [0.15, 0.2) is 0 Å². The van der Waals surface area contributed by atoms with Gasteiger partial charge in [0.1, 0.15) is 84.8 Å². The second kappa shape index (κ2) is 33.0. The summed E-state index contributed by atoms with van der Waals surface area (Å²) in [6.45, 7) is -2.00. The molecule has 27 heteroatoms. The standard InChI is InChI=1S/C44H78N4O23/c1-2-45-30(54)13-7-6-10-24(52)9-4-3-5-12-26(41(65)47-15-18-68-44-40(64)37(61)34(58)29(23-51)71-44)48(19-25(53)11-8-16-66-42-38(62)35(59)32(56)27(21-49)69-42)20-31(55)46-14-17-67-43-39(63)36(60)33(57)28(22-50)70-43/h26-29,32-40,42-44,49-51,56-64H,2-23H2,1H3,(H,45,54)(H,46,55)(H,47,65)/t26-,27?,28+,29+,32+,33+,34+,35-,36-,37-,38-,39-,40-,42?,43?,44?/m0/s1. The van der Waals surface area contributed by atoms with Crippen LogP contribution in [0, 0.1) is 0 Å². The Morgan fingerprint density at radius 1 is 0.479 bits per heavy atom. The lowest BCUT2D eigenvalue weighted by molar-refractivity contribution is -0.301. The monoisotopic (exact) mass is 1030 g/mol. The molecule has 3 fully saturated rings. The first-order valence-corrected chi connectivity index (χ1v) is 24.2. The maximum atomic E-state index is 14.1. The zero-order valence-corrected chi connectivity index (χ0v) is 40.1. The van der Waals surface area contributed by atoms with E-state index in [4.69, 9.17) is 28.4 Å². The van der Waals surface area contributed by atoms with Gasteiger partial charge in [-0.2, -0.15) is 0 Å². The molecule has 0 bridgehead atoms. The van der Waals surface area contributed by atoms with Gasteiger partial charge in [-0.3, -0.25) is 28.9 Å². The van der Waals surface area contributed by atoms with Gasteiger partial charge in [0, 0.05) is 45.3 Å². The van der Waals surface area contributed by atoms with Crippen LogP contribution in [-0.2, 0) is 52.4 Å². The molecule has 0 aromatic heterocycles. The summed E-state index contributed by atoms with van der Waals surface area (Å²) >= 11 is 0. The van der Waals surface area contributed by atoms with E-state index >= 15 is 0 Å². The highest BCUT2D eigenvalue weighted by Crippen LogP contribution is 2.25. The van der Waals surface area contributed by atoms with Crippen molar-refractivity contribution in [3.63, 3.8) is 0 Å². The van der Waals surface area contributed by atoms with Crippen LogP contribution in [0.25, 0.3) is 0 Å². The Balaban J connectivity index is 1.71. The van der Waals surface area contributed by atoms with E-state index in [9.17, 15) is 85.3 Å². The Morgan fingerprint density at radius 2 is 0.915 bits per heavy atom. The Bertz CT molecular complexity index is 1530. The van der Waals surface area contributed by atoms with Crippen molar-refractivity contribution in [2.75, 3.05) is 72.4 Å². The maximum Gasteiger partial charge on any atom is 0.237 e. The topological polar surface area (TPSA) is 423 Å². The lowest BCUT2D eigenvalue weighted by Gasteiger charge is -2.39. The fraction of sp³-hybridized carbons (Fsp3) is 0.886. The van der Waals surface area contributed by atoms with Crippen LogP contribution >= 0.6 is 0 Å². The summed E-state index contributed by atoms with van der Waals surface area (Å²) < 4.78 is 32.5. The van der Waals surface area contributed by atoms with E-state index in [2.05, 4.69) is 16.0 Å². The van der Waals surface area contributed by atoms with Crippen LogP contribution in [0.5, 0.6) is 0 Å². The molecule has 4 unspecified atom stereocenters. The zero-order valence-electron chi connectivity index (χ0n) is 40.1. The van der Waals surface area contributed by atoms with Gasteiger partial charge in [-0.1, -0.05) is 12.8 Å². The van der Waals surface area contributed by atoms with E-state index in [0.29, 0.717) is 51.5 Å². The molecule has 3 aliphatic heterocycles. The molecule has 3 saturated heterocycles. The molecular formula is C44H78N4O23. The molecule has 15 N–H and O–H groups in total. The molecule has 0 aromatic rings. The first-order chi connectivity index (χ1) is 33.9. The molecule has 71 heavy (non-hydrogen) atoms. The number of amides is 3. The van der Waals surface area contributed by atoms with E-state index in [0.717, 1.165) is 0 Å². The summed E-state index contributed by atoms with van der Waals surface area (Å²) in [7, 11) is 0. The normalized spacial score (nSPS) is 31.5. The Morgan fingerprint density at radius 3 is 1.39 bits per heavy atom. The molecule has 0 aliphatic carbocycles. The third kappa shape index (κ3) is 20.3. The minimum Gasteiger partial charge on any atom is -0.394 e. The SMILES string of the molecule is CCNC(=O)CCCCC(=O)CCCCC[C@@H](C(=O)NCCOC1O[C@H](CO)[C@@H](O)[C@H](O)[C@@H]1O)N(CC(=O)CCCOC1OC(CO)[C@@H](O)[C@H](O)[C@@H]1O)CC(=O)NCCOC1O[C@H](CO)[C@@H](O)[C@H](O)[C@@H]1O. The summed E-state index contributed by atoms with van der Waals surface area (Å²) in [4.78, 5) is 66.8. The first-order valence-electron chi connectivity index (χ1n) is 24.2. The predicted molar refractivity (Wildman–Crippen MR) is 240 cm³/mol. The van der Waals surface area contributed by atoms with Crippen molar-refractivity contribution in [1.82, 2.24) is 20.9 Å². The van der Waals surface area contributed by atoms with Crippen LogP contribution in [0.3, 0.4) is 0 Å². The molecule has 0 saturated carbocycles. The van der Waals surface area contributed by atoms with Gasteiger partial charge in [-0.15, -0.1) is 0 Å². The molecule has 27 nitrogen and oxygen atoms in total. The average Bonchev–Trinajstić information content (AvgIpc) is 3.34. The van der Waals surface area contributed by atoms with E-state index in [-0.39, 0.29) is 70.3 Å². The summed E-state index contributed by atoms with van der Waals surface area (Å²) in [5, 5.41) is 128. The van der Waals surface area contributed by atoms with Gasteiger partial charge in [0.05, 0.1) is 58.8 Å². The Kier molecular flexibility index (Phi) is 29.0. The van der Waals surface area contributed by atoms with Crippen molar-refractivity contribution in [2.45, 2.75) is 176 Å². The van der Waals surface area contributed by atoms with Crippen molar-refractivity contribution in [3.05, 3.63) is 0 Å². The number of rotatable bonds is 34. The van der Waals surface area contributed by atoms with Gasteiger partial charge >= 0.3 is 0 Å². The second-order valence-electron chi connectivity index (χ2n) is 17.7. The predicted octanol–water partition coefficient (Wildman–Crippen LogP) is -7.10. The van der Waals surface area contributed by atoms with Gasteiger partial charge in [0.25, 0.3) is 0 Å². The molecule has 3 heterocycles. The Hall–Kier alpha value is -3.01. The zero-order chi connectivity index (χ0) is 52.6. The number of unbranched alkanes of at least 4 members (excludes halogenated alkanes) is 3. The number of nitrogens with zero attached hydrogens (tertiary/aromatic N) is 1. The number of Topliss-reactive ketones (excluding diaryl/α,β-unsaturated/α-hetero) is 2. The average molecular weight is 1030 g/mol. The fourth-order valence-electron chi connectivity index (χ4n) is 8.07. The van der Waals surface area contributed by atoms with Crippen molar-refractivity contribution < 1.29 is 114 Å². The minimum atomic E-state index is -1.71. The highest BCUT2D eigenvalue weighted by atomic mass is 16.7. The van der Waals surface area contributed by atoms with Crippen LogP contribution < -0.4 is 16.0 Å². The summed E-state index contributed by atoms with van der Waals surface area (Å²) in [6.07, 6.45) is -20.1. The number of aliphatic hydroxyl groups excluding tert-OH is 12. The third-order valence-corrected chi connectivity index (χ3v) is 12.2. The number of hydrogen-bond donors (Lipinski definition) is 15.